The molecule has 154 valence electrons. The Bertz CT molecular complexity index is 870. The summed E-state index contributed by atoms with van der Waals surface area (Å²) in [6, 6.07) is 13.3. The number of nitrogens with one attached hydrogen (secondary N) is 2. The lowest BCUT2D eigenvalue weighted by Gasteiger charge is -2.29. The smallest absolute Gasteiger partial charge is 0.337 e. The second kappa shape index (κ2) is 9.91. The molecule has 2 N–H and O–H groups in total. The highest BCUT2D eigenvalue weighted by Gasteiger charge is 2.14. The molecule has 29 heavy (non-hydrogen) atoms. The van der Waals surface area contributed by atoms with Crippen LogP contribution in [0.4, 0.5) is 11.4 Å². The number of carbonyl (C=O) groups excluding carboxylic acids is 1. The Morgan fingerprint density at radius 2 is 1.90 bits per heavy atom. The molecule has 1 aliphatic heterocycles. The van der Waals surface area contributed by atoms with Crippen LogP contribution in [0.1, 0.15) is 28.9 Å². The molecule has 1 heterocycles. The Morgan fingerprint density at radius 3 is 2.55 bits per heavy atom. The molecule has 2 aromatic rings. The summed E-state index contributed by atoms with van der Waals surface area (Å²) in [6.07, 6.45) is 0. The Morgan fingerprint density at radius 1 is 1.21 bits per heavy atom. The zero-order valence-electron chi connectivity index (χ0n) is 16.4. The van der Waals surface area contributed by atoms with E-state index < -0.39 is 5.97 Å². The van der Waals surface area contributed by atoms with Crippen molar-refractivity contribution < 1.29 is 14.3 Å². The van der Waals surface area contributed by atoms with Crippen molar-refractivity contribution in [2.45, 2.75) is 13.0 Å². The van der Waals surface area contributed by atoms with Gasteiger partial charge in [-0.1, -0.05) is 23.7 Å². The number of rotatable bonds is 5. The van der Waals surface area contributed by atoms with E-state index in [0.717, 1.165) is 31.9 Å². The highest BCUT2D eigenvalue weighted by molar-refractivity contribution is 7.80. The number of nitrogens with zero attached hydrogens (tertiary/aromatic N) is 1. The topological polar surface area (TPSA) is 62.8 Å². The SMILES string of the molecule is COC(=O)c1ccc(Cl)c(NC(=S)N[C@H](C)c2ccc(N3CCOCC3)cc2)c1. The van der Waals surface area contributed by atoms with Crippen LogP contribution in [0.15, 0.2) is 42.5 Å². The van der Waals surface area contributed by atoms with E-state index >= 15 is 0 Å². The van der Waals surface area contributed by atoms with Gasteiger partial charge >= 0.3 is 5.97 Å². The lowest BCUT2D eigenvalue weighted by Crippen LogP contribution is -2.36. The molecular weight excluding hydrogens is 410 g/mol. The number of morpholine rings is 1. The Kier molecular flexibility index (Phi) is 7.30. The second-order valence-corrected chi connectivity index (χ2v) is 7.51. The van der Waals surface area contributed by atoms with E-state index in [-0.39, 0.29) is 6.04 Å². The summed E-state index contributed by atoms with van der Waals surface area (Å²) in [7, 11) is 1.34. The maximum atomic E-state index is 11.7. The number of thiocarbonyl (C=S) groups is 1. The van der Waals surface area contributed by atoms with Crippen molar-refractivity contribution in [2.24, 2.45) is 0 Å². The number of halogens is 1. The number of esters is 1. The lowest BCUT2D eigenvalue weighted by molar-refractivity contribution is 0.0601. The third kappa shape index (κ3) is 5.59. The predicted molar refractivity (Wildman–Crippen MR) is 120 cm³/mol. The Hall–Kier alpha value is -2.35. The van der Waals surface area contributed by atoms with Crippen molar-refractivity contribution in [1.29, 1.82) is 0 Å². The van der Waals surface area contributed by atoms with Gasteiger partial charge in [0.25, 0.3) is 0 Å². The summed E-state index contributed by atoms with van der Waals surface area (Å²) >= 11 is 11.6. The van der Waals surface area contributed by atoms with Gasteiger partial charge in [-0.3, -0.25) is 0 Å². The quantitative estimate of drug-likeness (QED) is 0.545. The maximum absolute atomic E-state index is 11.7. The summed E-state index contributed by atoms with van der Waals surface area (Å²) in [6.45, 7) is 5.38. The van der Waals surface area contributed by atoms with Gasteiger partial charge in [0.05, 0.1) is 42.6 Å². The molecule has 0 amide bonds. The first-order valence-electron chi connectivity index (χ1n) is 9.36. The minimum absolute atomic E-state index is 0.00342. The fourth-order valence-corrected chi connectivity index (χ4v) is 3.55. The summed E-state index contributed by atoms with van der Waals surface area (Å²) in [5.41, 5.74) is 3.24. The molecule has 0 spiro atoms. The van der Waals surface area contributed by atoms with E-state index in [9.17, 15) is 4.79 Å². The molecule has 1 fully saturated rings. The predicted octanol–water partition coefficient (Wildman–Crippen LogP) is 4.01. The molecular formula is C21H24ClN3O3S. The first kappa shape index (κ1) is 21.4. The van der Waals surface area contributed by atoms with Crippen LogP contribution in [0.5, 0.6) is 0 Å². The minimum Gasteiger partial charge on any atom is -0.465 e. The Balaban J connectivity index is 1.61. The van der Waals surface area contributed by atoms with Gasteiger partial charge in [0.2, 0.25) is 0 Å². The molecule has 1 saturated heterocycles. The zero-order valence-corrected chi connectivity index (χ0v) is 18.0. The summed E-state index contributed by atoms with van der Waals surface area (Å²) in [5, 5.41) is 7.18. The maximum Gasteiger partial charge on any atom is 0.337 e. The zero-order chi connectivity index (χ0) is 20.8. The first-order valence-corrected chi connectivity index (χ1v) is 10.1. The molecule has 6 nitrogen and oxygen atoms in total. The van der Waals surface area contributed by atoms with Crippen LogP contribution in [-0.2, 0) is 9.47 Å². The fourth-order valence-electron chi connectivity index (χ4n) is 3.10. The van der Waals surface area contributed by atoms with E-state index in [4.69, 9.17) is 33.3 Å². The van der Waals surface area contributed by atoms with Gasteiger partial charge in [0.15, 0.2) is 5.11 Å². The van der Waals surface area contributed by atoms with Crippen molar-refractivity contribution in [3.8, 4) is 0 Å². The van der Waals surface area contributed by atoms with Gasteiger partial charge < -0.3 is 25.0 Å². The van der Waals surface area contributed by atoms with Crippen LogP contribution in [-0.4, -0.2) is 44.5 Å². The highest BCUT2D eigenvalue weighted by Crippen LogP contribution is 2.24. The summed E-state index contributed by atoms with van der Waals surface area (Å²) < 4.78 is 10.1. The summed E-state index contributed by atoms with van der Waals surface area (Å²) in [4.78, 5) is 14.0. The van der Waals surface area contributed by atoms with Gasteiger partial charge in [-0.15, -0.1) is 0 Å². The average molecular weight is 434 g/mol. The van der Waals surface area contributed by atoms with Gasteiger partial charge in [-0.25, -0.2) is 4.79 Å². The molecule has 0 bridgehead atoms. The van der Waals surface area contributed by atoms with Crippen LogP contribution in [0.25, 0.3) is 0 Å². The van der Waals surface area contributed by atoms with E-state index in [2.05, 4.69) is 39.8 Å². The molecule has 2 aromatic carbocycles. The minimum atomic E-state index is -0.433. The Labute approximate surface area is 181 Å². The lowest BCUT2D eigenvalue weighted by atomic mass is 10.1. The molecule has 1 atom stereocenters. The fraction of sp³-hybridized carbons (Fsp3) is 0.333. The molecule has 0 unspecified atom stereocenters. The van der Waals surface area contributed by atoms with Gasteiger partial charge in [0.1, 0.15) is 0 Å². The van der Waals surface area contributed by atoms with Crippen molar-refractivity contribution in [3.05, 3.63) is 58.6 Å². The standard InChI is InChI=1S/C21H24ClN3O3S/c1-14(15-3-6-17(7-4-15)25-9-11-28-12-10-25)23-21(29)24-19-13-16(20(26)27-2)5-8-18(19)22/h3-8,13-14H,9-12H2,1-2H3,(H2,23,24,29)/t14-/m1/s1. The van der Waals surface area contributed by atoms with Gasteiger partial charge in [-0.2, -0.15) is 0 Å². The number of ether oxygens (including phenoxy) is 2. The van der Waals surface area contributed by atoms with E-state index in [1.54, 1.807) is 18.2 Å². The second-order valence-electron chi connectivity index (χ2n) is 6.70. The number of carbonyl (C=O) groups is 1. The van der Waals surface area contributed by atoms with E-state index in [1.807, 2.05) is 6.92 Å². The molecule has 1 aliphatic rings. The van der Waals surface area contributed by atoms with Crippen molar-refractivity contribution in [1.82, 2.24) is 5.32 Å². The van der Waals surface area contributed by atoms with Crippen LogP contribution >= 0.6 is 23.8 Å². The highest BCUT2D eigenvalue weighted by atomic mass is 35.5. The molecule has 0 saturated carbocycles. The van der Waals surface area contributed by atoms with Crippen molar-refractivity contribution in [3.63, 3.8) is 0 Å². The van der Waals surface area contributed by atoms with E-state index in [1.165, 1.54) is 12.8 Å². The van der Waals surface area contributed by atoms with E-state index in [0.29, 0.717) is 21.4 Å². The number of methoxy groups -OCH3 is 1. The van der Waals surface area contributed by atoms with Gasteiger partial charge in [0, 0.05) is 18.8 Å². The molecule has 0 radical (unpaired) electrons. The average Bonchev–Trinajstić information content (AvgIpc) is 2.75. The third-order valence-corrected chi connectivity index (χ3v) is 5.30. The van der Waals surface area contributed by atoms with Crippen molar-refractivity contribution >= 4 is 46.3 Å². The number of anilines is 2. The van der Waals surface area contributed by atoms with Crippen LogP contribution in [0.2, 0.25) is 5.02 Å². The van der Waals surface area contributed by atoms with Crippen molar-refractivity contribution in [2.75, 3.05) is 43.6 Å². The number of hydrogen-bond donors (Lipinski definition) is 2. The van der Waals surface area contributed by atoms with Crippen LogP contribution in [0, 0.1) is 0 Å². The molecule has 0 aromatic heterocycles. The third-order valence-electron chi connectivity index (χ3n) is 4.75. The largest absolute Gasteiger partial charge is 0.465 e. The first-order chi connectivity index (χ1) is 14.0. The molecule has 3 rings (SSSR count). The monoisotopic (exact) mass is 433 g/mol. The molecule has 0 aliphatic carbocycles. The normalized spacial score (nSPS) is 14.8. The van der Waals surface area contributed by atoms with Gasteiger partial charge in [-0.05, 0) is 55.0 Å². The number of hydrogen-bond acceptors (Lipinski definition) is 5. The number of benzene rings is 2. The summed E-state index contributed by atoms with van der Waals surface area (Å²) in [5.74, 6) is -0.433. The molecule has 8 heteroatoms. The van der Waals surface area contributed by atoms with Crippen LogP contribution < -0.4 is 15.5 Å². The van der Waals surface area contributed by atoms with Crippen LogP contribution in [0.3, 0.4) is 0 Å².